The van der Waals surface area contributed by atoms with E-state index >= 15 is 0 Å². The van der Waals surface area contributed by atoms with Crippen LogP contribution in [0.1, 0.15) is 15.9 Å². The number of aromatic nitrogens is 1. The standard InChI is InChI=1S/C23H22ClFN4O3S/c24-21-15-20(5-6-22(21)25)33(31,32)27-19-3-1-18(2-4-19)23(30)29-13-11-28(12-14-29)16-17-7-9-26-10-8-17/h1-10,15,27H,11-14,16H2. The molecule has 0 saturated carbocycles. The summed E-state index contributed by atoms with van der Waals surface area (Å²) in [5.74, 6) is -0.796. The summed E-state index contributed by atoms with van der Waals surface area (Å²) in [5, 5.41) is -0.278. The molecule has 4 rings (SSSR count). The van der Waals surface area contributed by atoms with Crippen LogP contribution >= 0.6 is 11.6 Å². The van der Waals surface area contributed by atoms with Gasteiger partial charge in [-0.3, -0.25) is 19.4 Å². The van der Waals surface area contributed by atoms with Crippen molar-refractivity contribution in [3.8, 4) is 0 Å². The fourth-order valence-electron chi connectivity index (χ4n) is 3.58. The van der Waals surface area contributed by atoms with Crippen LogP contribution in [0.2, 0.25) is 5.02 Å². The minimum absolute atomic E-state index is 0.0988. The van der Waals surface area contributed by atoms with Crippen molar-refractivity contribution in [1.82, 2.24) is 14.8 Å². The predicted molar refractivity (Wildman–Crippen MR) is 124 cm³/mol. The zero-order valence-electron chi connectivity index (χ0n) is 17.6. The SMILES string of the molecule is O=C(c1ccc(NS(=O)(=O)c2ccc(F)c(Cl)c2)cc1)N1CCN(Cc2ccncc2)CC1. The predicted octanol–water partition coefficient (Wildman–Crippen LogP) is 3.63. The minimum atomic E-state index is -3.94. The van der Waals surface area contributed by atoms with Gasteiger partial charge in [-0.25, -0.2) is 12.8 Å². The first kappa shape index (κ1) is 23.2. The van der Waals surface area contributed by atoms with Gasteiger partial charge in [0.2, 0.25) is 0 Å². The van der Waals surface area contributed by atoms with Crippen LogP contribution in [0.5, 0.6) is 0 Å². The first-order valence-corrected chi connectivity index (χ1v) is 12.2. The Morgan fingerprint density at radius 3 is 2.30 bits per heavy atom. The van der Waals surface area contributed by atoms with Gasteiger partial charge in [0, 0.05) is 56.4 Å². The Morgan fingerprint density at radius 1 is 1.00 bits per heavy atom. The number of carbonyl (C=O) groups is 1. The van der Waals surface area contributed by atoms with Crippen LogP contribution in [-0.4, -0.2) is 55.3 Å². The number of piperazine rings is 1. The number of amides is 1. The second-order valence-electron chi connectivity index (χ2n) is 7.68. The van der Waals surface area contributed by atoms with E-state index in [1.807, 2.05) is 12.1 Å². The maximum atomic E-state index is 13.3. The number of nitrogens with zero attached hydrogens (tertiary/aromatic N) is 3. The molecule has 10 heteroatoms. The molecule has 1 fully saturated rings. The van der Waals surface area contributed by atoms with Crippen molar-refractivity contribution >= 4 is 33.2 Å². The molecular weight excluding hydrogens is 467 g/mol. The zero-order chi connectivity index (χ0) is 23.4. The highest BCUT2D eigenvalue weighted by Crippen LogP contribution is 2.22. The number of pyridine rings is 1. The van der Waals surface area contributed by atoms with E-state index in [0.717, 1.165) is 37.8 Å². The third-order valence-electron chi connectivity index (χ3n) is 5.40. The van der Waals surface area contributed by atoms with Crippen LogP contribution in [0, 0.1) is 5.82 Å². The number of anilines is 1. The Bertz CT molecular complexity index is 1230. The summed E-state index contributed by atoms with van der Waals surface area (Å²) < 4.78 is 40.8. The number of benzene rings is 2. The Hall–Kier alpha value is -3.01. The molecule has 2 aromatic carbocycles. The number of carbonyl (C=O) groups excluding carboxylic acids is 1. The van der Waals surface area contributed by atoms with Gasteiger partial charge in [0.05, 0.1) is 9.92 Å². The summed E-state index contributed by atoms with van der Waals surface area (Å²) >= 11 is 5.69. The molecule has 0 aliphatic carbocycles. The van der Waals surface area contributed by atoms with E-state index in [0.29, 0.717) is 18.7 Å². The summed E-state index contributed by atoms with van der Waals surface area (Å²) in [6.45, 7) is 3.59. The van der Waals surface area contributed by atoms with Crippen molar-refractivity contribution in [2.24, 2.45) is 0 Å². The van der Waals surface area contributed by atoms with E-state index < -0.39 is 15.8 Å². The highest BCUT2D eigenvalue weighted by atomic mass is 35.5. The first-order valence-electron chi connectivity index (χ1n) is 10.3. The summed E-state index contributed by atoms with van der Waals surface area (Å²) in [6.07, 6.45) is 3.54. The van der Waals surface area contributed by atoms with Gasteiger partial charge in [-0.05, 0) is 60.2 Å². The van der Waals surface area contributed by atoms with Crippen LogP contribution in [0.3, 0.4) is 0 Å². The summed E-state index contributed by atoms with van der Waals surface area (Å²) in [5.41, 5.74) is 1.95. The van der Waals surface area contributed by atoms with Gasteiger partial charge in [-0.1, -0.05) is 11.6 Å². The highest BCUT2D eigenvalue weighted by Gasteiger charge is 2.22. The highest BCUT2D eigenvalue weighted by molar-refractivity contribution is 7.92. The van der Waals surface area contributed by atoms with Crippen LogP contribution in [-0.2, 0) is 16.6 Å². The molecule has 0 radical (unpaired) electrons. The van der Waals surface area contributed by atoms with Gasteiger partial charge in [0.25, 0.3) is 15.9 Å². The average molecular weight is 489 g/mol. The molecule has 1 aliphatic heterocycles. The lowest BCUT2D eigenvalue weighted by atomic mass is 10.1. The van der Waals surface area contributed by atoms with Crippen molar-refractivity contribution in [3.63, 3.8) is 0 Å². The average Bonchev–Trinajstić information content (AvgIpc) is 2.82. The number of sulfonamides is 1. The lowest BCUT2D eigenvalue weighted by Crippen LogP contribution is -2.48. The molecule has 0 spiro atoms. The number of halogens is 2. The minimum Gasteiger partial charge on any atom is -0.336 e. The van der Waals surface area contributed by atoms with E-state index in [1.54, 1.807) is 29.4 Å². The van der Waals surface area contributed by atoms with Crippen molar-refractivity contribution in [2.45, 2.75) is 11.4 Å². The molecule has 3 aromatic rings. The fraction of sp³-hybridized carbons (Fsp3) is 0.217. The molecule has 0 atom stereocenters. The molecule has 7 nitrogen and oxygen atoms in total. The lowest BCUT2D eigenvalue weighted by Gasteiger charge is -2.34. The van der Waals surface area contributed by atoms with Crippen LogP contribution in [0.25, 0.3) is 0 Å². The second kappa shape index (κ2) is 9.86. The van der Waals surface area contributed by atoms with Crippen molar-refractivity contribution in [2.75, 3.05) is 30.9 Å². The van der Waals surface area contributed by atoms with Gasteiger partial charge in [-0.2, -0.15) is 0 Å². The quantitative estimate of drug-likeness (QED) is 0.573. The van der Waals surface area contributed by atoms with Crippen LogP contribution < -0.4 is 4.72 Å². The summed E-state index contributed by atoms with van der Waals surface area (Å²) in [4.78, 5) is 20.8. The van der Waals surface area contributed by atoms with Gasteiger partial charge in [0.15, 0.2) is 0 Å². The van der Waals surface area contributed by atoms with Crippen LogP contribution in [0.15, 0.2) is 71.9 Å². The van der Waals surface area contributed by atoms with E-state index in [-0.39, 0.29) is 21.5 Å². The van der Waals surface area contributed by atoms with E-state index in [9.17, 15) is 17.6 Å². The number of nitrogens with one attached hydrogen (secondary N) is 1. The first-order chi connectivity index (χ1) is 15.8. The Balaban J connectivity index is 1.35. The molecular formula is C23H22ClFN4O3S. The smallest absolute Gasteiger partial charge is 0.261 e. The molecule has 1 aromatic heterocycles. The van der Waals surface area contributed by atoms with Crippen molar-refractivity contribution in [3.05, 3.63) is 89.0 Å². The van der Waals surface area contributed by atoms with Gasteiger partial charge in [-0.15, -0.1) is 0 Å². The van der Waals surface area contributed by atoms with Gasteiger partial charge < -0.3 is 4.90 Å². The molecule has 0 bridgehead atoms. The Labute approximate surface area is 196 Å². The van der Waals surface area contributed by atoms with E-state index in [4.69, 9.17) is 11.6 Å². The lowest BCUT2D eigenvalue weighted by molar-refractivity contribution is 0.0628. The Kier molecular flexibility index (Phi) is 6.92. The summed E-state index contributed by atoms with van der Waals surface area (Å²) in [7, 11) is -3.94. The number of hydrogen-bond acceptors (Lipinski definition) is 5. The number of rotatable bonds is 6. The topological polar surface area (TPSA) is 82.6 Å². The third kappa shape index (κ3) is 5.68. The maximum Gasteiger partial charge on any atom is 0.261 e. The van der Waals surface area contributed by atoms with Crippen LogP contribution in [0.4, 0.5) is 10.1 Å². The molecule has 2 heterocycles. The Morgan fingerprint density at radius 2 is 1.67 bits per heavy atom. The maximum absolute atomic E-state index is 13.3. The molecule has 1 aliphatic rings. The third-order valence-corrected chi connectivity index (χ3v) is 7.07. The van der Waals surface area contributed by atoms with Gasteiger partial charge in [0.1, 0.15) is 5.82 Å². The second-order valence-corrected chi connectivity index (χ2v) is 9.77. The summed E-state index contributed by atoms with van der Waals surface area (Å²) in [6, 6.07) is 13.4. The fourth-order valence-corrected chi connectivity index (χ4v) is 4.91. The van der Waals surface area contributed by atoms with Crippen molar-refractivity contribution in [1.29, 1.82) is 0 Å². The molecule has 0 unspecified atom stereocenters. The molecule has 1 N–H and O–H groups in total. The van der Waals surface area contributed by atoms with E-state index in [2.05, 4.69) is 14.6 Å². The molecule has 172 valence electrons. The van der Waals surface area contributed by atoms with Gasteiger partial charge >= 0.3 is 0 Å². The zero-order valence-corrected chi connectivity index (χ0v) is 19.2. The normalized spacial score (nSPS) is 14.8. The molecule has 33 heavy (non-hydrogen) atoms. The van der Waals surface area contributed by atoms with E-state index in [1.165, 1.54) is 17.7 Å². The van der Waals surface area contributed by atoms with Crippen molar-refractivity contribution < 1.29 is 17.6 Å². The molecule has 1 amide bonds. The molecule has 1 saturated heterocycles. The number of hydrogen-bond donors (Lipinski definition) is 1. The largest absolute Gasteiger partial charge is 0.336 e. The monoisotopic (exact) mass is 488 g/mol.